The Bertz CT molecular complexity index is 532. The van der Waals surface area contributed by atoms with Gasteiger partial charge in [0, 0.05) is 6.42 Å². The van der Waals surface area contributed by atoms with Crippen molar-refractivity contribution in [2.75, 3.05) is 5.73 Å². The molecule has 2 aromatic rings. The van der Waals surface area contributed by atoms with E-state index in [4.69, 9.17) is 5.73 Å². The maximum Gasteiger partial charge on any atom is 0.389 e. The Morgan fingerprint density at radius 3 is 2.93 bits per heavy atom. The molecule has 0 radical (unpaired) electrons. The number of nitrogens with zero attached hydrogens (tertiary/aromatic N) is 3. The van der Waals surface area contributed by atoms with Crippen LogP contribution in [0.4, 0.5) is 11.6 Å². The number of hydrogen-bond donors (Lipinski definition) is 1. The molecule has 0 unspecified atom stereocenters. The summed E-state index contributed by atoms with van der Waals surface area (Å²) in [6.07, 6.45) is 0.600. The fourth-order valence-electron chi connectivity index (χ4n) is 1.59. The molecule has 6 heteroatoms. The lowest BCUT2D eigenvalue weighted by atomic mass is 10.4. The van der Waals surface area contributed by atoms with E-state index < -0.39 is 4.92 Å². The number of hydrogen-bond acceptors (Lipinski definition) is 4. The third-order valence-corrected chi connectivity index (χ3v) is 2.23. The summed E-state index contributed by atoms with van der Waals surface area (Å²) in [6, 6.07) is 5.01. The molecule has 0 saturated heterocycles. The molecule has 0 spiro atoms. The second-order valence-corrected chi connectivity index (χ2v) is 3.13. The van der Waals surface area contributed by atoms with Crippen LogP contribution in [0.25, 0.3) is 5.52 Å². The summed E-state index contributed by atoms with van der Waals surface area (Å²) in [5, 5.41) is 10.7. The average Bonchev–Trinajstić information content (AvgIpc) is 2.58. The van der Waals surface area contributed by atoms with Gasteiger partial charge < -0.3 is 15.8 Å². The number of aryl methyl sites for hydroxylation is 1. The van der Waals surface area contributed by atoms with Crippen LogP contribution < -0.4 is 5.73 Å². The Balaban J connectivity index is 2.87. The van der Waals surface area contributed by atoms with Crippen molar-refractivity contribution in [3.8, 4) is 0 Å². The first-order chi connectivity index (χ1) is 7.15. The van der Waals surface area contributed by atoms with Gasteiger partial charge in [-0.1, -0.05) is 13.0 Å². The number of pyridine rings is 1. The highest BCUT2D eigenvalue weighted by atomic mass is 16.6. The van der Waals surface area contributed by atoms with Gasteiger partial charge in [0.15, 0.2) is 0 Å². The Hall–Kier alpha value is -2.11. The lowest BCUT2D eigenvalue weighted by molar-refractivity contribution is -0.387. The number of anilines is 1. The first kappa shape index (κ1) is 9.45. The van der Waals surface area contributed by atoms with E-state index in [1.54, 1.807) is 22.6 Å². The van der Waals surface area contributed by atoms with Crippen LogP contribution in [0.2, 0.25) is 0 Å². The van der Waals surface area contributed by atoms with Crippen LogP contribution in [0.3, 0.4) is 0 Å². The maximum atomic E-state index is 10.7. The molecule has 0 amide bonds. The summed E-state index contributed by atoms with van der Waals surface area (Å²) in [4.78, 5) is 14.2. The smallest absolute Gasteiger partial charge is 0.385 e. The lowest BCUT2D eigenvalue weighted by Crippen LogP contribution is -1.99. The van der Waals surface area contributed by atoms with Crippen LogP contribution in [0.5, 0.6) is 0 Å². The van der Waals surface area contributed by atoms with E-state index >= 15 is 0 Å². The van der Waals surface area contributed by atoms with Gasteiger partial charge in [0.1, 0.15) is 11.3 Å². The van der Waals surface area contributed by atoms with Gasteiger partial charge >= 0.3 is 5.82 Å². The van der Waals surface area contributed by atoms with Crippen molar-refractivity contribution in [1.29, 1.82) is 0 Å². The third kappa shape index (κ3) is 1.30. The van der Waals surface area contributed by atoms with E-state index in [0.29, 0.717) is 23.6 Å². The van der Waals surface area contributed by atoms with E-state index in [2.05, 4.69) is 4.98 Å². The monoisotopic (exact) mass is 206 g/mol. The second kappa shape index (κ2) is 3.23. The Labute approximate surface area is 85.5 Å². The van der Waals surface area contributed by atoms with Crippen molar-refractivity contribution in [3.63, 3.8) is 0 Å². The molecule has 15 heavy (non-hydrogen) atoms. The number of nitrogens with two attached hydrogens (primary N) is 1. The van der Waals surface area contributed by atoms with Crippen molar-refractivity contribution in [1.82, 2.24) is 9.38 Å². The third-order valence-electron chi connectivity index (χ3n) is 2.23. The molecule has 2 N–H and O–H groups in total. The normalized spacial score (nSPS) is 10.7. The van der Waals surface area contributed by atoms with Gasteiger partial charge in [0.25, 0.3) is 0 Å². The number of nitro groups is 1. The van der Waals surface area contributed by atoms with Crippen molar-refractivity contribution < 1.29 is 4.92 Å². The minimum atomic E-state index is -0.492. The second-order valence-electron chi connectivity index (χ2n) is 3.13. The number of rotatable bonds is 2. The SMILES string of the molecule is CCc1nc([N+](=O)[O-])c2cccc(N)n12. The molecular formula is C9H10N4O2. The van der Waals surface area contributed by atoms with E-state index in [1.807, 2.05) is 6.92 Å². The summed E-state index contributed by atoms with van der Waals surface area (Å²) >= 11 is 0. The predicted molar refractivity (Wildman–Crippen MR) is 55.6 cm³/mol. The zero-order valence-electron chi connectivity index (χ0n) is 8.17. The van der Waals surface area contributed by atoms with Crippen molar-refractivity contribution in [3.05, 3.63) is 34.1 Å². The molecule has 0 saturated carbocycles. The summed E-state index contributed by atoms with van der Waals surface area (Å²) in [6.45, 7) is 1.88. The molecule has 0 bridgehead atoms. The maximum absolute atomic E-state index is 10.7. The van der Waals surface area contributed by atoms with Crippen LogP contribution in [-0.4, -0.2) is 14.3 Å². The fourth-order valence-corrected chi connectivity index (χ4v) is 1.59. The molecule has 2 rings (SSSR count). The van der Waals surface area contributed by atoms with Gasteiger partial charge in [-0.25, -0.2) is 0 Å². The molecular weight excluding hydrogens is 196 g/mol. The molecule has 0 atom stereocenters. The average molecular weight is 206 g/mol. The number of imidazole rings is 1. The predicted octanol–water partition coefficient (Wildman–Crippen LogP) is 1.39. The fraction of sp³-hybridized carbons (Fsp3) is 0.222. The standard InChI is InChI=1S/C9H10N4O2/c1-2-8-11-9(13(14)15)6-4-3-5-7(10)12(6)8/h3-5H,2,10H2,1H3. The van der Waals surface area contributed by atoms with Gasteiger partial charge in [0.05, 0.1) is 0 Å². The first-order valence-corrected chi connectivity index (χ1v) is 4.55. The number of aromatic nitrogens is 2. The van der Waals surface area contributed by atoms with Crippen LogP contribution in [-0.2, 0) is 6.42 Å². The van der Waals surface area contributed by atoms with E-state index in [9.17, 15) is 10.1 Å². The summed E-state index contributed by atoms with van der Waals surface area (Å²) in [5.41, 5.74) is 6.19. The van der Waals surface area contributed by atoms with Crippen LogP contribution >= 0.6 is 0 Å². The van der Waals surface area contributed by atoms with Gasteiger partial charge in [-0.05, 0) is 22.0 Å². The largest absolute Gasteiger partial charge is 0.389 e. The topological polar surface area (TPSA) is 86.5 Å². The molecule has 0 aliphatic carbocycles. The zero-order chi connectivity index (χ0) is 11.0. The van der Waals surface area contributed by atoms with E-state index in [0.717, 1.165) is 0 Å². The Morgan fingerprint density at radius 1 is 1.60 bits per heavy atom. The molecule has 0 fully saturated rings. The van der Waals surface area contributed by atoms with E-state index in [1.165, 1.54) is 0 Å². The van der Waals surface area contributed by atoms with Crippen LogP contribution in [0.15, 0.2) is 18.2 Å². The molecule has 0 aromatic carbocycles. The van der Waals surface area contributed by atoms with Crippen molar-refractivity contribution in [2.24, 2.45) is 0 Å². The first-order valence-electron chi connectivity index (χ1n) is 4.55. The lowest BCUT2D eigenvalue weighted by Gasteiger charge is -1.98. The highest BCUT2D eigenvalue weighted by Gasteiger charge is 2.21. The van der Waals surface area contributed by atoms with Gasteiger partial charge in [0.2, 0.25) is 5.82 Å². The zero-order valence-corrected chi connectivity index (χ0v) is 8.17. The quantitative estimate of drug-likeness (QED) is 0.594. The number of nitrogen functional groups attached to an aromatic ring is 1. The summed E-state index contributed by atoms with van der Waals surface area (Å²) < 4.78 is 1.61. The minimum Gasteiger partial charge on any atom is -0.385 e. The summed E-state index contributed by atoms with van der Waals surface area (Å²) in [7, 11) is 0. The molecule has 78 valence electrons. The van der Waals surface area contributed by atoms with Crippen molar-refractivity contribution in [2.45, 2.75) is 13.3 Å². The Kier molecular flexibility index (Phi) is 2.03. The molecule has 2 aromatic heterocycles. The molecule has 0 aliphatic heterocycles. The van der Waals surface area contributed by atoms with E-state index in [-0.39, 0.29) is 5.82 Å². The van der Waals surface area contributed by atoms with Crippen LogP contribution in [0.1, 0.15) is 12.7 Å². The van der Waals surface area contributed by atoms with Gasteiger partial charge in [-0.2, -0.15) is 0 Å². The minimum absolute atomic E-state index is 0.140. The van der Waals surface area contributed by atoms with Crippen molar-refractivity contribution >= 4 is 17.2 Å². The molecule has 6 nitrogen and oxygen atoms in total. The number of fused-ring (bicyclic) bond motifs is 1. The van der Waals surface area contributed by atoms with Gasteiger partial charge in [-0.15, -0.1) is 0 Å². The van der Waals surface area contributed by atoms with Gasteiger partial charge in [-0.3, -0.25) is 4.40 Å². The molecule has 0 aliphatic rings. The van der Waals surface area contributed by atoms with Crippen LogP contribution in [0, 0.1) is 10.1 Å². The summed E-state index contributed by atoms with van der Waals surface area (Å²) in [5.74, 6) is 0.930. The highest BCUT2D eigenvalue weighted by Crippen LogP contribution is 2.23. The highest BCUT2D eigenvalue weighted by molar-refractivity contribution is 5.65. The Morgan fingerprint density at radius 2 is 2.33 bits per heavy atom. The molecule has 2 heterocycles.